The summed E-state index contributed by atoms with van der Waals surface area (Å²) in [6, 6.07) is -6.66. The Morgan fingerprint density at radius 1 is 0.500 bits per heavy atom. The Kier molecular flexibility index (Phi) is 36.5. The van der Waals surface area contributed by atoms with Crippen molar-refractivity contribution < 1.29 is 178 Å². The number of aliphatic carboxylic acids is 1. The van der Waals surface area contributed by atoms with Gasteiger partial charge in [0.1, 0.15) is 140 Å². The number of hydrogen-bond donors (Lipinski definition) is 23. The minimum atomic E-state index is -3.39. The molecule has 0 unspecified atom stereocenters. The molecule has 0 aliphatic carbocycles. The lowest BCUT2D eigenvalue weighted by molar-refractivity contribution is -0.401. The van der Waals surface area contributed by atoms with Crippen molar-refractivity contribution in [2.45, 2.75) is 313 Å². The van der Waals surface area contributed by atoms with Crippen molar-refractivity contribution in [3.05, 3.63) is 12.2 Å². The zero-order valence-electron chi connectivity index (χ0n) is 58.3. The molecular weight excluding hydrogens is 1400 g/mol. The van der Waals surface area contributed by atoms with Gasteiger partial charge in [-0.05, 0) is 12.8 Å². The first-order chi connectivity index (χ1) is 49.5. The number of aliphatic hydroxyl groups is 18. The Morgan fingerprint density at radius 2 is 0.942 bits per heavy atom. The SMILES string of the molecule is CCCCCCCCCCCCC/C=C/[C@@H](O)[C@H](CO[C@@H]1O[C@H](CO)[C@@H](O[C@@H]2O[C@H](CO)[C@H](O)[C@H](O[C@@H]3O[C@H](CO)[C@H](O[C@@H]4O[C@H](CO)[C@H](O[C@@H]5O[C@H](CO)[C@H](O)[C@H](O)[C@H]5NC(C)=O)[C@H](O[C@]5(C(=O)O)C[C@H](O)[C@@H](NC(C)=O)[C@H]([C@H](O)[C@H](O)CO)O5)[C@H]4O)[C@H](O)[C@H]3NC(C)=O)[C@H]2O)[C@H](O)[C@H]1O)NC=O. The average molecular weight is 1510 g/mol. The number of hydrogen-bond acceptors (Lipinski definition) is 35. The van der Waals surface area contributed by atoms with E-state index in [2.05, 4.69) is 28.2 Å². The zero-order valence-corrected chi connectivity index (χ0v) is 58.3. The fraction of sp³-hybridized carbons (Fsp3) is 0.891. The quantitative estimate of drug-likeness (QED) is 0.0154. The molecule has 6 saturated heterocycles. The van der Waals surface area contributed by atoms with Crippen molar-refractivity contribution in [2.75, 3.05) is 46.2 Å². The summed E-state index contributed by atoms with van der Waals surface area (Å²) in [6.07, 6.45) is -42.2. The molecule has 6 fully saturated rings. The van der Waals surface area contributed by atoms with E-state index in [-0.39, 0.29) is 0 Å². The van der Waals surface area contributed by atoms with Crippen molar-refractivity contribution in [3.8, 4) is 0 Å². The van der Waals surface area contributed by atoms with Crippen LogP contribution in [-0.2, 0) is 80.8 Å². The van der Waals surface area contributed by atoms with Gasteiger partial charge in [0.2, 0.25) is 24.1 Å². The van der Waals surface area contributed by atoms with Crippen LogP contribution in [0.25, 0.3) is 0 Å². The number of ether oxygens (including phenoxy) is 12. The van der Waals surface area contributed by atoms with E-state index in [0.717, 1.165) is 46.5 Å². The smallest absolute Gasteiger partial charge is 0.364 e. The number of rotatable bonds is 41. The second-order valence-electron chi connectivity index (χ2n) is 26.8. The van der Waals surface area contributed by atoms with Crippen molar-refractivity contribution in [1.82, 2.24) is 21.3 Å². The first-order valence-corrected chi connectivity index (χ1v) is 35.1. The maximum absolute atomic E-state index is 13.7. The molecule has 0 aromatic carbocycles. The molecule has 40 nitrogen and oxygen atoms in total. The summed E-state index contributed by atoms with van der Waals surface area (Å²) in [6.45, 7) is -2.20. The van der Waals surface area contributed by atoms with Crippen LogP contribution in [0, 0.1) is 0 Å². The topological polar surface area (TPSA) is 629 Å². The van der Waals surface area contributed by atoms with Gasteiger partial charge >= 0.3 is 5.97 Å². The molecule has 0 aromatic heterocycles. The molecule has 602 valence electrons. The highest BCUT2D eigenvalue weighted by atomic mass is 16.8. The number of unbranched alkanes of at least 4 members (excludes halogenated alkanes) is 11. The number of carboxylic acid groups (broad SMARTS) is 1. The fourth-order valence-corrected chi connectivity index (χ4v) is 13.4. The molecule has 33 atom stereocenters. The number of aliphatic hydroxyl groups excluding tert-OH is 18. The lowest BCUT2D eigenvalue weighted by atomic mass is 9.88. The minimum absolute atomic E-state index is 0.317. The van der Waals surface area contributed by atoms with E-state index in [9.17, 15) is 121 Å². The van der Waals surface area contributed by atoms with E-state index < -0.39 is 278 Å². The fourth-order valence-electron chi connectivity index (χ4n) is 13.4. The van der Waals surface area contributed by atoms with Crippen molar-refractivity contribution in [2.24, 2.45) is 0 Å². The Morgan fingerprint density at radius 3 is 1.46 bits per heavy atom. The Bertz CT molecular complexity index is 2610. The van der Waals surface area contributed by atoms with E-state index in [0.29, 0.717) is 12.8 Å². The third-order valence-electron chi connectivity index (χ3n) is 19.0. The molecule has 0 bridgehead atoms. The van der Waals surface area contributed by atoms with Gasteiger partial charge in [-0.3, -0.25) is 19.2 Å². The lowest BCUT2D eigenvalue weighted by Gasteiger charge is -2.52. The third-order valence-corrected chi connectivity index (χ3v) is 19.0. The molecule has 23 N–H and O–H groups in total. The number of carbonyl (C=O) groups is 5. The van der Waals surface area contributed by atoms with Crippen LogP contribution in [0.2, 0.25) is 0 Å². The van der Waals surface area contributed by atoms with Gasteiger partial charge in [0.25, 0.3) is 5.79 Å². The predicted molar refractivity (Wildman–Crippen MR) is 344 cm³/mol. The summed E-state index contributed by atoms with van der Waals surface area (Å²) < 4.78 is 71.0. The van der Waals surface area contributed by atoms with E-state index >= 15 is 0 Å². The molecule has 6 heterocycles. The maximum atomic E-state index is 13.7. The van der Waals surface area contributed by atoms with Gasteiger partial charge in [-0.25, -0.2) is 4.79 Å². The van der Waals surface area contributed by atoms with Crippen LogP contribution in [0.3, 0.4) is 0 Å². The summed E-state index contributed by atoms with van der Waals surface area (Å²) in [5.74, 6) is -8.29. The van der Waals surface area contributed by atoms with E-state index in [1.54, 1.807) is 6.08 Å². The number of nitrogens with one attached hydrogen (secondary N) is 4. The van der Waals surface area contributed by atoms with Crippen LogP contribution < -0.4 is 21.3 Å². The Labute approximate surface area is 598 Å². The van der Waals surface area contributed by atoms with Gasteiger partial charge < -0.3 is 175 Å². The standard InChI is InChI=1S/C64H110N4O36/c1-5-6-7-8-9-10-11-12-13-14-15-16-17-18-32(79)31(65-27-75)26-93-60-49(88)48(87)53(38(24-73)97-60)100-61-50(89)56(45(84)36(22-71)95-61)102-59-42(68-30(4)78)47(86)52(37(23-72)96-59)99-62-51(90)57(54(39(25-74)98-62)101-58-41(67-29(3)77)46(85)44(83)35(21-70)94-58)104-64(63(91)92)19-33(80)40(66-28(2)76)55(103-64)43(82)34(81)20-69/h17-18,27,31-62,69-74,79-90H,5-16,19-26H2,1-4H3,(H,65,75)(H,66,76)(H,67,77)(H,68,78)(H,91,92)/b18-17+/t31-,32+,33-,34+,35+,36+,37+,38+,39+,40+,41+,42+,43+,44-,45-,46+,47+,48+,49+,50+,51+,52-,53+,54-,55+,56-,57+,58-,59-,60+,61-,62-,64-/m0/s1. The first kappa shape index (κ1) is 88.8. The van der Waals surface area contributed by atoms with Crippen molar-refractivity contribution >= 4 is 30.1 Å². The molecule has 0 saturated carbocycles. The highest BCUT2D eigenvalue weighted by Gasteiger charge is 2.63. The minimum Gasteiger partial charge on any atom is -0.477 e. The lowest BCUT2D eigenvalue weighted by Crippen LogP contribution is -2.72. The first-order valence-electron chi connectivity index (χ1n) is 35.1. The predicted octanol–water partition coefficient (Wildman–Crippen LogP) is -9.71. The number of carboxylic acids is 1. The molecule has 6 aliphatic rings. The summed E-state index contributed by atoms with van der Waals surface area (Å²) in [5.41, 5.74) is 0. The van der Waals surface area contributed by atoms with Crippen molar-refractivity contribution in [3.63, 3.8) is 0 Å². The molecular formula is C64H110N4O36. The van der Waals surface area contributed by atoms with Gasteiger partial charge in [-0.2, -0.15) is 0 Å². The van der Waals surface area contributed by atoms with Crippen LogP contribution in [-0.4, -0.2) is 375 Å². The van der Waals surface area contributed by atoms with Crippen molar-refractivity contribution in [1.29, 1.82) is 0 Å². The molecule has 104 heavy (non-hydrogen) atoms. The number of allylic oxidation sites excluding steroid dienone is 1. The molecule has 0 aromatic rings. The highest BCUT2D eigenvalue weighted by molar-refractivity contribution is 5.77. The Hall–Kier alpha value is -4.11. The van der Waals surface area contributed by atoms with Crippen LogP contribution in [0.4, 0.5) is 0 Å². The second-order valence-corrected chi connectivity index (χ2v) is 26.8. The number of carbonyl (C=O) groups excluding carboxylic acids is 4. The monoisotopic (exact) mass is 1510 g/mol. The van der Waals surface area contributed by atoms with E-state index in [1.165, 1.54) is 51.0 Å². The third kappa shape index (κ3) is 23.0. The zero-order chi connectivity index (χ0) is 76.9. The highest BCUT2D eigenvalue weighted by Crippen LogP contribution is 2.41. The van der Waals surface area contributed by atoms with Crippen LogP contribution in [0.15, 0.2) is 12.2 Å². The van der Waals surface area contributed by atoms with Gasteiger partial charge in [0.05, 0.1) is 70.5 Å². The number of amides is 4. The normalized spacial score (nSPS) is 39.6. The van der Waals surface area contributed by atoms with Crippen LogP contribution in [0.5, 0.6) is 0 Å². The molecule has 0 radical (unpaired) electrons. The van der Waals surface area contributed by atoms with Gasteiger partial charge in [-0.15, -0.1) is 0 Å². The van der Waals surface area contributed by atoms with Gasteiger partial charge in [0, 0.05) is 27.2 Å². The maximum Gasteiger partial charge on any atom is 0.364 e. The van der Waals surface area contributed by atoms with Gasteiger partial charge in [0.15, 0.2) is 31.5 Å². The largest absolute Gasteiger partial charge is 0.477 e. The molecule has 0 spiro atoms. The summed E-state index contributed by atoms with van der Waals surface area (Å²) >= 11 is 0. The van der Waals surface area contributed by atoms with E-state index in [4.69, 9.17) is 56.8 Å². The van der Waals surface area contributed by atoms with Gasteiger partial charge in [-0.1, -0.05) is 83.3 Å². The van der Waals surface area contributed by atoms with Crippen LogP contribution in [0.1, 0.15) is 111 Å². The average Bonchev–Trinajstić information content (AvgIpc) is 0.751. The molecule has 40 heteroatoms. The summed E-state index contributed by atoms with van der Waals surface area (Å²) in [4.78, 5) is 63.1. The second kappa shape index (κ2) is 42.7. The summed E-state index contributed by atoms with van der Waals surface area (Å²) in [5, 5.41) is 221. The summed E-state index contributed by atoms with van der Waals surface area (Å²) in [7, 11) is 0. The molecule has 4 amide bonds. The van der Waals surface area contributed by atoms with Crippen LogP contribution >= 0.6 is 0 Å². The molecule has 6 aliphatic heterocycles. The Balaban J connectivity index is 1.21. The van der Waals surface area contributed by atoms with E-state index in [1.807, 2.05) is 0 Å². The molecule has 6 rings (SSSR count).